The van der Waals surface area contributed by atoms with Gasteiger partial charge in [-0.3, -0.25) is 9.59 Å². The van der Waals surface area contributed by atoms with Crippen molar-refractivity contribution >= 4 is 22.5 Å². The molecule has 1 aromatic carbocycles. The zero-order chi connectivity index (χ0) is 19.9. The number of nitrogens with one attached hydrogen (secondary N) is 1. The number of halogens is 3. The Morgan fingerprint density at radius 1 is 1.26 bits per heavy atom. The molecule has 0 saturated carbocycles. The van der Waals surface area contributed by atoms with Gasteiger partial charge in [0.2, 0.25) is 5.91 Å². The Balaban J connectivity index is 1.97. The summed E-state index contributed by atoms with van der Waals surface area (Å²) in [4.78, 5) is 25.0. The van der Waals surface area contributed by atoms with Gasteiger partial charge in [-0.1, -0.05) is 17.3 Å². The smallest absolute Gasteiger partial charge is 0.360 e. The molecule has 3 rings (SSSR count). The van der Waals surface area contributed by atoms with Crippen molar-refractivity contribution in [2.45, 2.75) is 33.0 Å². The highest BCUT2D eigenvalue weighted by Gasteiger charge is 2.34. The van der Waals surface area contributed by atoms with E-state index in [1.54, 1.807) is 13.8 Å². The Morgan fingerprint density at radius 2 is 1.93 bits per heavy atom. The van der Waals surface area contributed by atoms with E-state index in [1.807, 2.05) is 0 Å². The first-order chi connectivity index (χ1) is 12.6. The van der Waals surface area contributed by atoms with Crippen molar-refractivity contribution < 1.29 is 22.5 Å². The number of benzene rings is 1. The zero-order valence-electron chi connectivity index (χ0n) is 14.6. The van der Waals surface area contributed by atoms with Gasteiger partial charge in [0.15, 0.2) is 5.52 Å². The molecular formula is C17H15F3N4O3. The Kier molecular flexibility index (Phi) is 4.50. The molecule has 0 fully saturated rings. The molecule has 0 spiro atoms. The third-order valence-electron chi connectivity index (χ3n) is 4.13. The van der Waals surface area contributed by atoms with Crippen LogP contribution < -0.4 is 10.9 Å². The molecule has 0 aliphatic heterocycles. The zero-order valence-corrected chi connectivity index (χ0v) is 14.6. The summed E-state index contributed by atoms with van der Waals surface area (Å²) in [7, 11) is 0. The minimum Gasteiger partial charge on any atom is -0.360 e. The minimum atomic E-state index is -4.63. The van der Waals surface area contributed by atoms with Crippen molar-refractivity contribution in [1.82, 2.24) is 14.9 Å². The number of hydrogen-bond acceptors (Lipinski definition) is 5. The third kappa shape index (κ3) is 3.29. The molecule has 2 aromatic heterocycles. The molecule has 10 heteroatoms. The molecule has 0 saturated heterocycles. The van der Waals surface area contributed by atoms with Crippen molar-refractivity contribution in [3.63, 3.8) is 0 Å². The summed E-state index contributed by atoms with van der Waals surface area (Å²) in [5.74, 6) is -0.407. The lowest BCUT2D eigenvalue weighted by molar-refractivity contribution is -0.137. The molecule has 3 aromatic rings. The van der Waals surface area contributed by atoms with Crippen LogP contribution in [0, 0.1) is 13.8 Å². The third-order valence-corrected chi connectivity index (χ3v) is 4.13. The molecule has 0 aliphatic carbocycles. The average molecular weight is 380 g/mol. The summed E-state index contributed by atoms with van der Waals surface area (Å²) in [6.07, 6.45) is -4.63. The number of alkyl halides is 3. The van der Waals surface area contributed by atoms with Gasteiger partial charge in [-0.25, -0.2) is 4.68 Å². The largest absolute Gasteiger partial charge is 0.418 e. The number of aromatic nitrogens is 3. The molecule has 1 unspecified atom stereocenters. The van der Waals surface area contributed by atoms with Gasteiger partial charge in [0.05, 0.1) is 22.3 Å². The molecule has 27 heavy (non-hydrogen) atoms. The molecule has 2 heterocycles. The normalized spacial score (nSPS) is 13.0. The lowest BCUT2D eigenvalue weighted by Gasteiger charge is -2.17. The van der Waals surface area contributed by atoms with Crippen LogP contribution in [0.25, 0.3) is 10.9 Å². The summed E-state index contributed by atoms with van der Waals surface area (Å²) in [5.41, 5.74) is -1.62. The van der Waals surface area contributed by atoms with Crippen LogP contribution in [0.1, 0.15) is 30.0 Å². The predicted molar refractivity (Wildman–Crippen MR) is 90.3 cm³/mol. The molecule has 1 atom stereocenters. The number of para-hydroxylation sites is 1. The molecule has 0 aliphatic rings. The number of anilines is 1. The number of rotatable bonds is 3. The predicted octanol–water partition coefficient (Wildman–Crippen LogP) is 3.22. The van der Waals surface area contributed by atoms with E-state index in [9.17, 15) is 22.8 Å². The van der Waals surface area contributed by atoms with Crippen molar-refractivity contribution in [3.05, 3.63) is 51.6 Å². The van der Waals surface area contributed by atoms with Gasteiger partial charge in [0.1, 0.15) is 11.8 Å². The van der Waals surface area contributed by atoms with Gasteiger partial charge in [-0.05, 0) is 32.9 Å². The Labute approximate surface area is 150 Å². The number of hydrogen-bond donors (Lipinski definition) is 1. The molecule has 0 radical (unpaired) electrons. The van der Waals surface area contributed by atoms with Crippen LogP contribution in [0.4, 0.5) is 18.9 Å². The fourth-order valence-corrected chi connectivity index (χ4v) is 2.76. The van der Waals surface area contributed by atoms with Gasteiger partial charge in [0.25, 0.3) is 5.56 Å². The van der Waals surface area contributed by atoms with Crippen LogP contribution >= 0.6 is 0 Å². The second-order valence-corrected chi connectivity index (χ2v) is 6.01. The van der Waals surface area contributed by atoms with E-state index in [2.05, 4.69) is 15.6 Å². The number of aryl methyl sites for hydroxylation is 2. The van der Waals surface area contributed by atoms with Gasteiger partial charge in [-0.15, -0.1) is 0 Å². The van der Waals surface area contributed by atoms with Gasteiger partial charge in [0, 0.05) is 0 Å². The summed E-state index contributed by atoms with van der Waals surface area (Å²) >= 11 is 0. The van der Waals surface area contributed by atoms with Crippen molar-refractivity contribution in [3.8, 4) is 0 Å². The average Bonchev–Trinajstić information content (AvgIpc) is 2.99. The van der Waals surface area contributed by atoms with Crippen LogP contribution in [0.3, 0.4) is 0 Å². The number of fused-ring (bicyclic) bond motifs is 1. The summed E-state index contributed by atoms with van der Waals surface area (Å²) in [6, 6.07) is 3.42. The van der Waals surface area contributed by atoms with Crippen LogP contribution in [0.15, 0.2) is 33.6 Å². The Bertz CT molecular complexity index is 1090. The maximum atomic E-state index is 13.1. The van der Waals surface area contributed by atoms with Gasteiger partial charge < -0.3 is 9.84 Å². The van der Waals surface area contributed by atoms with Gasteiger partial charge in [-0.2, -0.15) is 18.3 Å². The highest BCUT2D eigenvalue weighted by molar-refractivity contribution is 5.94. The first-order valence-electron chi connectivity index (χ1n) is 7.93. The van der Waals surface area contributed by atoms with E-state index in [1.165, 1.54) is 19.1 Å². The van der Waals surface area contributed by atoms with Crippen LogP contribution in [0.5, 0.6) is 0 Å². The van der Waals surface area contributed by atoms with E-state index in [4.69, 9.17) is 4.52 Å². The summed E-state index contributed by atoms with van der Waals surface area (Å²) < 4.78 is 45.1. The first kappa shape index (κ1) is 18.6. The van der Waals surface area contributed by atoms with Crippen LogP contribution in [-0.2, 0) is 11.0 Å². The molecule has 142 valence electrons. The van der Waals surface area contributed by atoms with Crippen molar-refractivity contribution in [1.29, 1.82) is 0 Å². The number of nitrogens with zero attached hydrogens (tertiary/aromatic N) is 3. The molecule has 0 bridgehead atoms. The van der Waals surface area contributed by atoms with E-state index in [0.29, 0.717) is 16.8 Å². The molecule has 1 N–H and O–H groups in total. The molecular weight excluding hydrogens is 365 g/mol. The topological polar surface area (TPSA) is 90.0 Å². The van der Waals surface area contributed by atoms with Crippen LogP contribution in [-0.4, -0.2) is 20.8 Å². The second-order valence-electron chi connectivity index (χ2n) is 6.01. The first-order valence-corrected chi connectivity index (χ1v) is 7.93. The Morgan fingerprint density at radius 3 is 2.59 bits per heavy atom. The minimum absolute atomic E-state index is 0.00958. The van der Waals surface area contributed by atoms with Crippen molar-refractivity contribution in [2.75, 3.05) is 5.32 Å². The van der Waals surface area contributed by atoms with E-state index < -0.39 is 34.9 Å². The second kappa shape index (κ2) is 6.53. The van der Waals surface area contributed by atoms with Gasteiger partial charge >= 0.3 is 6.18 Å². The number of carbonyl (C=O) groups excluding carboxylic acids is 1. The highest BCUT2D eigenvalue weighted by atomic mass is 19.4. The summed E-state index contributed by atoms with van der Waals surface area (Å²) in [6.45, 7) is 4.60. The molecule has 1 amide bonds. The lowest BCUT2D eigenvalue weighted by Crippen LogP contribution is -2.34. The number of carbonyl (C=O) groups is 1. The lowest BCUT2D eigenvalue weighted by atomic mass is 10.1. The highest BCUT2D eigenvalue weighted by Crippen LogP contribution is 2.34. The maximum Gasteiger partial charge on any atom is 0.418 e. The van der Waals surface area contributed by atoms with Crippen LogP contribution in [0.2, 0.25) is 0 Å². The molecule has 7 nitrogen and oxygen atoms in total. The van der Waals surface area contributed by atoms with Crippen molar-refractivity contribution in [2.24, 2.45) is 0 Å². The Hall–Kier alpha value is -3.17. The van der Waals surface area contributed by atoms with E-state index >= 15 is 0 Å². The fourth-order valence-electron chi connectivity index (χ4n) is 2.76. The summed E-state index contributed by atoms with van der Waals surface area (Å²) in [5, 5.41) is 10.4. The fraction of sp³-hybridized carbons (Fsp3) is 0.294. The number of amides is 1. The monoisotopic (exact) mass is 380 g/mol. The van der Waals surface area contributed by atoms with E-state index in [0.717, 1.165) is 16.8 Å². The standard InChI is InChI=1S/C17H15F3N4O3/c1-8-13-10(3)27-23-14(13)16(26)24(22-8)9(2)15(25)21-12-7-5-4-6-11(12)17(18,19)20/h4-7,9H,1-3H3,(H,21,25). The maximum absolute atomic E-state index is 13.1. The SMILES string of the molecule is Cc1nn(C(C)C(=O)Nc2ccccc2C(F)(F)F)c(=O)c2noc(C)c12. The quantitative estimate of drug-likeness (QED) is 0.754. The van der Waals surface area contributed by atoms with E-state index in [-0.39, 0.29) is 5.52 Å².